The van der Waals surface area contributed by atoms with Gasteiger partial charge in [0.15, 0.2) is 0 Å². The first-order valence-electron chi connectivity index (χ1n) is 4.59. The largest absolute Gasteiger partial charge is 0.478 e. The normalized spacial score (nSPS) is 10.9. The van der Waals surface area contributed by atoms with Gasteiger partial charge in [0.2, 0.25) is 0 Å². The minimum atomic E-state index is -1.42. The third kappa shape index (κ3) is 2.87. The van der Waals surface area contributed by atoms with Crippen LogP contribution < -0.4 is 5.32 Å². The summed E-state index contributed by atoms with van der Waals surface area (Å²) in [7, 11) is 1.72. The van der Waals surface area contributed by atoms with Gasteiger partial charge in [-0.3, -0.25) is 0 Å². The van der Waals surface area contributed by atoms with E-state index in [0.717, 1.165) is 6.07 Å². The van der Waals surface area contributed by atoms with Gasteiger partial charge < -0.3 is 10.4 Å². The highest BCUT2D eigenvalue weighted by molar-refractivity contribution is 5.88. The topological polar surface area (TPSA) is 49.3 Å². The molecule has 3 nitrogen and oxygen atoms in total. The summed E-state index contributed by atoms with van der Waals surface area (Å²) in [5, 5.41) is 11.5. The van der Waals surface area contributed by atoms with E-state index in [0.29, 0.717) is 12.6 Å². The Morgan fingerprint density at radius 3 is 2.69 bits per heavy atom. The highest BCUT2D eigenvalue weighted by Crippen LogP contribution is 2.16. The van der Waals surface area contributed by atoms with Gasteiger partial charge in [0.1, 0.15) is 11.6 Å². The molecule has 0 aromatic heterocycles. The lowest BCUT2D eigenvalue weighted by molar-refractivity contribution is 0.0691. The molecular formula is C11H11F2NO2. The monoisotopic (exact) mass is 227 g/mol. The number of aromatic carboxylic acids is 1. The Bertz CT molecular complexity index is 430. The van der Waals surface area contributed by atoms with Gasteiger partial charge in [0, 0.05) is 18.2 Å². The molecule has 0 atom stereocenters. The van der Waals surface area contributed by atoms with Gasteiger partial charge in [0.25, 0.3) is 0 Å². The summed E-state index contributed by atoms with van der Waals surface area (Å²) in [6.45, 7) is 0.513. The summed E-state index contributed by atoms with van der Waals surface area (Å²) < 4.78 is 26.2. The predicted molar refractivity (Wildman–Crippen MR) is 56.3 cm³/mol. The molecule has 1 aromatic rings. The maximum atomic E-state index is 13.2. The molecular weight excluding hydrogens is 216 g/mol. The molecule has 0 saturated carbocycles. The predicted octanol–water partition coefficient (Wildman–Crippen LogP) is 1.90. The molecule has 0 aliphatic rings. The Kier molecular flexibility index (Phi) is 4.13. The highest BCUT2D eigenvalue weighted by Gasteiger charge is 2.13. The maximum Gasteiger partial charge on any atom is 0.338 e. The number of likely N-dealkylation sites (N-methyl/N-ethyl adjacent to an activating group) is 1. The highest BCUT2D eigenvalue weighted by atomic mass is 19.1. The number of carboxylic acid groups (broad SMARTS) is 1. The van der Waals surface area contributed by atoms with Crippen LogP contribution in [-0.2, 0) is 0 Å². The van der Waals surface area contributed by atoms with Crippen molar-refractivity contribution < 1.29 is 18.7 Å². The molecule has 86 valence electrons. The number of hydrogen-bond donors (Lipinski definition) is 2. The van der Waals surface area contributed by atoms with Crippen molar-refractivity contribution in [3.8, 4) is 0 Å². The Morgan fingerprint density at radius 1 is 1.44 bits per heavy atom. The van der Waals surface area contributed by atoms with Crippen molar-refractivity contribution >= 4 is 12.0 Å². The molecule has 0 aliphatic carbocycles. The molecule has 0 heterocycles. The van der Waals surface area contributed by atoms with Gasteiger partial charge in [-0.2, -0.15) is 0 Å². The zero-order valence-corrected chi connectivity index (χ0v) is 8.63. The van der Waals surface area contributed by atoms with Crippen molar-refractivity contribution in [3.05, 3.63) is 41.0 Å². The van der Waals surface area contributed by atoms with E-state index in [1.807, 2.05) is 0 Å². The lowest BCUT2D eigenvalue weighted by Gasteiger charge is -2.01. The van der Waals surface area contributed by atoms with Crippen molar-refractivity contribution in [3.63, 3.8) is 0 Å². The molecule has 1 aromatic carbocycles. The van der Waals surface area contributed by atoms with E-state index in [1.54, 1.807) is 13.1 Å². The fourth-order valence-corrected chi connectivity index (χ4v) is 1.16. The van der Waals surface area contributed by atoms with Crippen LogP contribution in [0.15, 0.2) is 18.2 Å². The van der Waals surface area contributed by atoms with Crippen LogP contribution in [0.3, 0.4) is 0 Å². The summed E-state index contributed by atoms with van der Waals surface area (Å²) >= 11 is 0. The lowest BCUT2D eigenvalue weighted by Crippen LogP contribution is -2.04. The molecule has 0 amide bonds. The molecule has 5 heteroatoms. The number of benzene rings is 1. The molecule has 0 fully saturated rings. The molecule has 2 N–H and O–H groups in total. The Morgan fingerprint density at radius 2 is 2.12 bits per heavy atom. The number of rotatable bonds is 4. The SMILES string of the molecule is CNCC=Cc1cc(C(=O)O)c(F)cc1F. The Hall–Kier alpha value is -1.75. The van der Waals surface area contributed by atoms with Crippen molar-refractivity contribution in [1.82, 2.24) is 5.32 Å². The third-order valence-corrected chi connectivity index (χ3v) is 1.94. The second-order valence-electron chi connectivity index (χ2n) is 3.12. The van der Waals surface area contributed by atoms with E-state index in [4.69, 9.17) is 5.11 Å². The molecule has 0 spiro atoms. The van der Waals surface area contributed by atoms with Gasteiger partial charge in [-0.25, -0.2) is 13.6 Å². The van der Waals surface area contributed by atoms with Crippen LogP contribution in [0.1, 0.15) is 15.9 Å². The van der Waals surface area contributed by atoms with Gasteiger partial charge in [-0.05, 0) is 13.1 Å². The zero-order valence-electron chi connectivity index (χ0n) is 8.63. The summed E-state index contributed by atoms with van der Waals surface area (Å²) in [5.74, 6) is -3.27. The van der Waals surface area contributed by atoms with Gasteiger partial charge >= 0.3 is 5.97 Å². The molecule has 0 unspecified atom stereocenters. The van der Waals surface area contributed by atoms with Crippen molar-refractivity contribution in [2.24, 2.45) is 0 Å². The van der Waals surface area contributed by atoms with E-state index in [9.17, 15) is 13.6 Å². The average Bonchev–Trinajstić information content (AvgIpc) is 2.21. The average molecular weight is 227 g/mol. The van der Waals surface area contributed by atoms with Crippen LogP contribution >= 0.6 is 0 Å². The number of carbonyl (C=O) groups is 1. The van der Waals surface area contributed by atoms with E-state index in [2.05, 4.69) is 5.32 Å². The molecule has 0 saturated heterocycles. The molecule has 0 bridgehead atoms. The van der Waals surface area contributed by atoms with E-state index < -0.39 is 23.2 Å². The van der Waals surface area contributed by atoms with Crippen LogP contribution in [0.5, 0.6) is 0 Å². The van der Waals surface area contributed by atoms with Crippen LogP contribution in [-0.4, -0.2) is 24.7 Å². The first-order chi connectivity index (χ1) is 7.56. The molecule has 0 radical (unpaired) electrons. The first-order valence-corrected chi connectivity index (χ1v) is 4.59. The van der Waals surface area contributed by atoms with Crippen molar-refractivity contribution in [2.75, 3.05) is 13.6 Å². The minimum Gasteiger partial charge on any atom is -0.478 e. The van der Waals surface area contributed by atoms with Gasteiger partial charge in [-0.1, -0.05) is 12.2 Å². The van der Waals surface area contributed by atoms with Crippen LogP contribution in [0, 0.1) is 11.6 Å². The van der Waals surface area contributed by atoms with Gasteiger partial charge in [-0.15, -0.1) is 0 Å². The molecule has 0 aliphatic heterocycles. The molecule has 1 rings (SSSR count). The third-order valence-electron chi connectivity index (χ3n) is 1.94. The molecule has 16 heavy (non-hydrogen) atoms. The summed E-state index contributed by atoms with van der Waals surface area (Å²) in [6, 6.07) is 1.54. The standard InChI is InChI=1S/C11H11F2NO2/c1-14-4-2-3-7-5-8(11(15)16)10(13)6-9(7)12/h2-3,5-6,14H,4H2,1H3,(H,15,16). The quantitative estimate of drug-likeness (QED) is 0.825. The van der Waals surface area contributed by atoms with Crippen LogP contribution in [0.4, 0.5) is 8.78 Å². The zero-order chi connectivity index (χ0) is 12.1. The van der Waals surface area contributed by atoms with E-state index >= 15 is 0 Å². The number of nitrogens with one attached hydrogen (secondary N) is 1. The smallest absolute Gasteiger partial charge is 0.338 e. The maximum absolute atomic E-state index is 13.2. The fraction of sp³-hybridized carbons (Fsp3) is 0.182. The first kappa shape index (κ1) is 12.3. The van der Waals surface area contributed by atoms with E-state index in [-0.39, 0.29) is 5.56 Å². The minimum absolute atomic E-state index is 0.0500. The van der Waals surface area contributed by atoms with Crippen molar-refractivity contribution in [1.29, 1.82) is 0 Å². The summed E-state index contributed by atoms with van der Waals surface area (Å²) in [6.07, 6.45) is 3.01. The lowest BCUT2D eigenvalue weighted by atomic mass is 10.1. The summed E-state index contributed by atoms with van der Waals surface area (Å²) in [5.41, 5.74) is -0.487. The van der Waals surface area contributed by atoms with Crippen molar-refractivity contribution in [2.45, 2.75) is 0 Å². The van der Waals surface area contributed by atoms with Crippen LogP contribution in [0.25, 0.3) is 6.08 Å². The number of carboxylic acids is 1. The second-order valence-corrected chi connectivity index (χ2v) is 3.12. The van der Waals surface area contributed by atoms with Gasteiger partial charge in [0.05, 0.1) is 5.56 Å². The number of halogens is 2. The Balaban J connectivity index is 3.09. The fourth-order valence-electron chi connectivity index (χ4n) is 1.16. The Labute approximate surface area is 91.4 Å². The van der Waals surface area contributed by atoms with E-state index in [1.165, 1.54) is 6.08 Å². The number of hydrogen-bond acceptors (Lipinski definition) is 2. The summed E-state index contributed by atoms with van der Waals surface area (Å²) in [4.78, 5) is 10.6. The van der Waals surface area contributed by atoms with Crippen LogP contribution in [0.2, 0.25) is 0 Å². The second kappa shape index (κ2) is 5.37.